The van der Waals surface area contributed by atoms with Gasteiger partial charge in [-0.25, -0.2) is 4.98 Å². The largest absolute Gasteiger partial charge is 0.350 e. The Morgan fingerprint density at radius 2 is 1.90 bits per heavy atom. The van der Waals surface area contributed by atoms with Crippen molar-refractivity contribution in [2.75, 3.05) is 10.6 Å². The Hall–Kier alpha value is -3.16. The third-order valence-corrected chi connectivity index (χ3v) is 4.80. The molecule has 0 aliphatic carbocycles. The average Bonchev–Trinajstić information content (AvgIpc) is 3.16. The van der Waals surface area contributed by atoms with Crippen LogP contribution in [-0.2, 0) is 19.6 Å². The van der Waals surface area contributed by atoms with E-state index < -0.39 is 0 Å². The highest BCUT2D eigenvalue weighted by Crippen LogP contribution is 2.26. The van der Waals surface area contributed by atoms with E-state index >= 15 is 0 Å². The first-order chi connectivity index (χ1) is 14.2. The molecule has 0 saturated heterocycles. The van der Waals surface area contributed by atoms with Crippen molar-refractivity contribution in [3.8, 4) is 0 Å². The Morgan fingerprint density at radius 3 is 2.69 bits per heavy atom. The third-order valence-electron chi connectivity index (χ3n) is 4.57. The molecule has 4 aromatic rings. The van der Waals surface area contributed by atoms with Crippen molar-refractivity contribution in [3.05, 3.63) is 71.0 Å². The van der Waals surface area contributed by atoms with Gasteiger partial charge >= 0.3 is 0 Å². The molecule has 0 fully saturated rings. The van der Waals surface area contributed by atoms with Gasteiger partial charge in [0.05, 0.1) is 6.33 Å². The monoisotopic (exact) mass is 407 g/mol. The van der Waals surface area contributed by atoms with E-state index in [-0.39, 0.29) is 0 Å². The number of halogens is 1. The number of anilines is 3. The molecule has 0 spiro atoms. The number of nitrogens with two attached hydrogens (primary N) is 1. The van der Waals surface area contributed by atoms with E-state index in [4.69, 9.17) is 17.3 Å². The second-order valence-electron chi connectivity index (χ2n) is 6.61. The average molecular weight is 408 g/mol. The van der Waals surface area contributed by atoms with Gasteiger partial charge in [-0.3, -0.25) is 0 Å². The number of rotatable bonds is 7. The molecule has 8 heteroatoms. The Kier molecular flexibility index (Phi) is 5.59. The standard InChI is InChI=1S/C21H22ClN7/c1-2-29-13-25-18-19(26-17-8-4-7-16(22)10-17)27-21(28-20(18)29)24-12-15-6-3-5-14(9-15)11-23/h3-10,13H,2,11-12,23H2,1H3,(H2,24,26,27,28). The maximum Gasteiger partial charge on any atom is 0.227 e. The number of fused-ring (bicyclic) bond motifs is 1. The summed E-state index contributed by atoms with van der Waals surface area (Å²) in [6.07, 6.45) is 1.77. The van der Waals surface area contributed by atoms with Crippen LogP contribution in [-0.4, -0.2) is 19.5 Å². The van der Waals surface area contributed by atoms with Gasteiger partial charge in [-0.1, -0.05) is 41.9 Å². The van der Waals surface area contributed by atoms with Crippen LogP contribution in [0.3, 0.4) is 0 Å². The molecule has 0 amide bonds. The van der Waals surface area contributed by atoms with Crippen LogP contribution < -0.4 is 16.4 Å². The molecule has 0 aliphatic rings. The molecule has 2 heterocycles. The zero-order valence-corrected chi connectivity index (χ0v) is 16.8. The van der Waals surface area contributed by atoms with E-state index in [0.717, 1.165) is 29.0 Å². The van der Waals surface area contributed by atoms with Crippen molar-refractivity contribution < 1.29 is 0 Å². The zero-order valence-electron chi connectivity index (χ0n) is 16.1. The van der Waals surface area contributed by atoms with E-state index in [1.54, 1.807) is 6.33 Å². The van der Waals surface area contributed by atoms with Gasteiger partial charge in [0.1, 0.15) is 0 Å². The van der Waals surface area contributed by atoms with Crippen molar-refractivity contribution in [2.45, 2.75) is 26.6 Å². The van der Waals surface area contributed by atoms with Crippen LogP contribution in [0, 0.1) is 0 Å². The molecule has 4 N–H and O–H groups in total. The van der Waals surface area contributed by atoms with E-state index in [9.17, 15) is 0 Å². The summed E-state index contributed by atoms with van der Waals surface area (Å²) in [4.78, 5) is 13.8. The van der Waals surface area contributed by atoms with Gasteiger partial charge < -0.3 is 20.9 Å². The molecule has 0 bridgehead atoms. The molecule has 2 aromatic carbocycles. The maximum atomic E-state index is 6.12. The Labute approximate surface area is 174 Å². The molecule has 7 nitrogen and oxygen atoms in total. The minimum atomic E-state index is 0.514. The second kappa shape index (κ2) is 8.46. The highest BCUT2D eigenvalue weighted by atomic mass is 35.5. The molecule has 0 unspecified atom stereocenters. The first kappa shape index (κ1) is 19.2. The van der Waals surface area contributed by atoms with Crippen LogP contribution in [0.4, 0.5) is 17.5 Å². The van der Waals surface area contributed by atoms with Crippen molar-refractivity contribution in [3.63, 3.8) is 0 Å². The highest BCUT2D eigenvalue weighted by Gasteiger charge is 2.13. The summed E-state index contributed by atoms with van der Waals surface area (Å²) >= 11 is 6.12. The van der Waals surface area contributed by atoms with Crippen LogP contribution in [0.5, 0.6) is 0 Å². The number of imidazole rings is 1. The van der Waals surface area contributed by atoms with Gasteiger partial charge in [-0.15, -0.1) is 0 Å². The van der Waals surface area contributed by atoms with Crippen molar-refractivity contribution >= 4 is 40.2 Å². The highest BCUT2D eigenvalue weighted by molar-refractivity contribution is 6.30. The quantitative estimate of drug-likeness (QED) is 0.422. The van der Waals surface area contributed by atoms with Crippen LogP contribution in [0.15, 0.2) is 54.9 Å². The smallest absolute Gasteiger partial charge is 0.227 e. The van der Waals surface area contributed by atoms with E-state index in [1.165, 1.54) is 0 Å². The Morgan fingerprint density at radius 1 is 1.07 bits per heavy atom. The van der Waals surface area contributed by atoms with Crippen molar-refractivity contribution in [1.82, 2.24) is 19.5 Å². The van der Waals surface area contributed by atoms with Gasteiger partial charge in [0.2, 0.25) is 5.95 Å². The lowest BCUT2D eigenvalue weighted by Gasteiger charge is -2.11. The Bertz CT molecular complexity index is 1140. The second-order valence-corrected chi connectivity index (χ2v) is 7.05. The van der Waals surface area contributed by atoms with E-state index in [1.807, 2.05) is 47.0 Å². The number of hydrogen-bond donors (Lipinski definition) is 3. The third kappa shape index (κ3) is 4.31. The zero-order chi connectivity index (χ0) is 20.2. The summed E-state index contributed by atoms with van der Waals surface area (Å²) in [5, 5.41) is 7.28. The fraction of sp³-hybridized carbons (Fsp3) is 0.190. The lowest BCUT2D eigenvalue weighted by atomic mass is 10.1. The van der Waals surface area contributed by atoms with Gasteiger partial charge in [0.25, 0.3) is 0 Å². The van der Waals surface area contributed by atoms with Crippen LogP contribution >= 0.6 is 11.6 Å². The van der Waals surface area contributed by atoms with Crippen LogP contribution in [0.25, 0.3) is 11.2 Å². The number of aromatic nitrogens is 4. The van der Waals surface area contributed by atoms with E-state index in [0.29, 0.717) is 35.4 Å². The normalized spacial score (nSPS) is 11.0. The van der Waals surface area contributed by atoms with Crippen LogP contribution in [0.1, 0.15) is 18.1 Å². The van der Waals surface area contributed by atoms with Crippen molar-refractivity contribution in [1.29, 1.82) is 0 Å². The number of benzene rings is 2. The fourth-order valence-electron chi connectivity index (χ4n) is 3.09. The first-order valence-electron chi connectivity index (χ1n) is 9.43. The molecular formula is C21H22ClN7. The SMILES string of the molecule is CCn1cnc2c(Nc3cccc(Cl)c3)nc(NCc3cccc(CN)c3)nc21. The van der Waals surface area contributed by atoms with Gasteiger partial charge in [-0.05, 0) is 36.2 Å². The maximum absolute atomic E-state index is 6.12. The molecule has 4 rings (SSSR count). The fourth-order valence-corrected chi connectivity index (χ4v) is 3.28. The minimum Gasteiger partial charge on any atom is -0.350 e. The summed E-state index contributed by atoms with van der Waals surface area (Å²) < 4.78 is 1.99. The molecule has 0 radical (unpaired) electrons. The summed E-state index contributed by atoms with van der Waals surface area (Å²) in [7, 11) is 0. The molecule has 148 valence electrons. The molecule has 29 heavy (non-hydrogen) atoms. The van der Waals surface area contributed by atoms with Gasteiger partial charge in [0, 0.05) is 30.3 Å². The predicted molar refractivity (Wildman–Crippen MR) is 117 cm³/mol. The lowest BCUT2D eigenvalue weighted by Crippen LogP contribution is -2.08. The number of aryl methyl sites for hydroxylation is 1. The predicted octanol–water partition coefficient (Wildman–Crippen LogP) is 4.31. The first-order valence-corrected chi connectivity index (χ1v) is 9.81. The van der Waals surface area contributed by atoms with E-state index in [2.05, 4.69) is 38.6 Å². The molecular weight excluding hydrogens is 386 g/mol. The summed E-state index contributed by atoms with van der Waals surface area (Å²) in [6.45, 7) is 3.93. The van der Waals surface area contributed by atoms with Crippen molar-refractivity contribution in [2.24, 2.45) is 5.73 Å². The van der Waals surface area contributed by atoms with Crippen LogP contribution in [0.2, 0.25) is 5.02 Å². The Balaban J connectivity index is 1.66. The summed E-state index contributed by atoms with van der Waals surface area (Å²) in [5.74, 6) is 1.15. The lowest BCUT2D eigenvalue weighted by molar-refractivity contribution is 0.777. The van der Waals surface area contributed by atoms with Gasteiger partial charge in [0.15, 0.2) is 17.0 Å². The van der Waals surface area contributed by atoms with Gasteiger partial charge in [-0.2, -0.15) is 9.97 Å². The minimum absolute atomic E-state index is 0.514. The number of nitrogens with zero attached hydrogens (tertiary/aromatic N) is 4. The molecule has 0 atom stereocenters. The number of nitrogens with one attached hydrogen (secondary N) is 2. The summed E-state index contributed by atoms with van der Waals surface area (Å²) in [6, 6.07) is 15.6. The topological polar surface area (TPSA) is 93.7 Å². The molecule has 0 aliphatic heterocycles. The molecule has 0 saturated carbocycles. The molecule has 2 aromatic heterocycles. The summed E-state index contributed by atoms with van der Waals surface area (Å²) in [5.41, 5.74) is 10.3. The number of hydrogen-bond acceptors (Lipinski definition) is 6.